The first-order valence-corrected chi connectivity index (χ1v) is 8.66. The van der Waals surface area contributed by atoms with E-state index in [0.29, 0.717) is 43.9 Å². The highest BCUT2D eigenvalue weighted by Crippen LogP contribution is 2.27. The van der Waals surface area contributed by atoms with Crippen LogP contribution in [0.25, 0.3) is 11.4 Å². The van der Waals surface area contributed by atoms with Crippen LogP contribution in [0.2, 0.25) is 0 Å². The number of rotatable bonds is 5. The third-order valence-electron chi connectivity index (χ3n) is 4.66. The number of carbonyl (C=O) groups excluding carboxylic acids is 1. The highest BCUT2D eigenvalue weighted by atomic mass is 16.5. The van der Waals surface area contributed by atoms with Gasteiger partial charge in [0.1, 0.15) is 0 Å². The molecule has 1 aromatic carbocycles. The zero-order valence-corrected chi connectivity index (χ0v) is 14.7. The summed E-state index contributed by atoms with van der Waals surface area (Å²) >= 11 is 0. The molecule has 0 atom stereocenters. The van der Waals surface area contributed by atoms with Crippen molar-refractivity contribution in [3.05, 3.63) is 53.7 Å². The lowest BCUT2D eigenvalue weighted by Crippen LogP contribution is -2.51. The monoisotopic (exact) mass is 348 g/mol. The van der Waals surface area contributed by atoms with E-state index < -0.39 is 0 Å². The van der Waals surface area contributed by atoms with E-state index in [4.69, 9.17) is 4.74 Å². The van der Waals surface area contributed by atoms with Gasteiger partial charge < -0.3 is 9.64 Å². The van der Waals surface area contributed by atoms with E-state index in [1.807, 2.05) is 24.3 Å². The number of aryl methyl sites for hydroxylation is 1. The van der Waals surface area contributed by atoms with Gasteiger partial charge in [0, 0.05) is 30.8 Å². The lowest BCUT2D eigenvalue weighted by molar-refractivity contribution is -0.132. The molecule has 1 aromatic heterocycles. The van der Waals surface area contributed by atoms with Gasteiger partial charge in [0.25, 0.3) is 0 Å². The van der Waals surface area contributed by atoms with Crippen LogP contribution in [0.1, 0.15) is 16.8 Å². The van der Waals surface area contributed by atoms with Gasteiger partial charge >= 0.3 is 0 Å². The molecule has 0 bridgehead atoms. The minimum absolute atomic E-state index is 0.0297. The van der Waals surface area contributed by atoms with Crippen LogP contribution in [-0.4, -0.2) is 46.7 Å². The highest BCUT2D eigenvalue weighted by Gasteiger charge is 2.30. The predicted molar refractivity (Wildman–Crippen MR) is 99.3 cm³/mol. The van der Waals surface area contributed by atoms with E-state index in [0.717, 1.165) is 16.8 Å². The van der Waals surface area contributed by atoms with Gasteiger partial charge in [-0.15, -0.1) is 0 Å². The van der Waals surface area contributed by atoms with Gasteiger partial charge in [0.2, 0.25) is 11.8 Å². The third kappa shape index (κ3) is 3.10. The van der Waals surface area contributed by atoms with Crippen LogP contribution in [0.4, 0.5) is 0 Å². The summed E-state index contributed by atoms with van der Waals surface area (Å²) < 4.78 is 5.99. The van der Waals surface area contributed by atoms with E-state index >= 15 is 0 Å². The molecule has 2 aromatic rings. The summed E-state index contributed by atoms with van der Waals surface area (Å²) in [5.74, 6) is 1.50. The molecule has 0 unspecified atom stereocenters. The lowest BCUT2D eigenvalue weighted by Gasteiger charge is -2.38. The molecular formula is C20H20N4O2. The number of nitrogens with zero attached hydrogens (tertiary/aromatic N) is 4. The lowest BCUT2D eigenvalue weighted by atomic mass is 10.0. The summed E-state index contributed by atoms with van der Waals surface area (Å²) in [6.07, 6.45) is 3.12. The minimum Gasteiger partial charge on any atom is -0.477 e. The third-order valence-corrected chi connectivity index (χ3v) is 4.66. The first-order valence-electron chi connectivity index (χ1n) is 8.66. The Kier molecular flexibility index (Phi) is 4.24. The van der Waals surface area contributed by atoms with Gasteiger partial charge in [-0.05, 0) is 13.0 Å². The normalized spacial score (nSPS) is 15.5. The summed E-state index contributed by atoms with van der Waals surface area (Å²) in [5, 5.41) is 0. The highest BCUT2D eigenvalue weighted by molar-refractivity contribution is 5.88. The number of ether oxygens (including phenoxy) is 1. The fourth-order valence-electron chi connectivity index (χ4n) is 3.09. The molecule has 0 aliphatic carbocycles. The molecular weight excluding hydrogens is 328 g/mol. The summed E-state index contributed by atoms with van der Waals surface area (Å²) in [4.78, 5) is 26.8. The number of aliphatic imine (C=N–C) groups is 1. The second kappa shape index (κ2) is 6.71. The molecule has 4 rings (SSSR count). The largest absolute Gasteiger partial charge is 0.477 e. The quantitative estimate of drug-likeness (QED) is 0.778. The molecule has 3 heterocycles. The Morgan fingerprint density at radius 2 is 2.08 bits per heavy atom. The molecule has 6 heteroatoms. The van der Waals surface area contributed by atoms with Gasteiger partial charge in [0.05, 0.1) is 24.4 Å². The van der Waals surface area contributed by atoms with Crippen molar-refractivity contribution in [3.8, 4) is 17.3 Å². The average molecular weight is 348 g/mol. The molecule has 0 N–H and O–H groups in total. The van der Waals surface area contributed by atoms with Crippen molar-refractivity contribution < 1.29 is 9.53 Å². The van der Waals surface area contributed by atoms with Crippen LogP contribution < -0.4 is 4.74 Å². The van der Waals surface area contributed by atoms with E-state index in [1.54, 1.807) is 11.1 Å². The van der Waals surface area contributed by atoms with Gasteiger partial charge in [-0.25, -0.2) is 4.98 Å². The van der Waals surface area contributed by atoms with Crippen molar-refractivity contribution in [2.75, 3.05) is 19.7 Å². The van der Waals surface area contributed by atoms with Gasteiger partial charge in [0.15, 0.2) is 5.82 Å². The first kappa shape index (κ1) is 16.4. The summed E-state index contributed by atoms with van der Waals surface area (Å²) in [5.41, 5.74) is 3.90. The van der Waals surface area contributed by atoms with E-state index in [9.17, 15) is 4.79 Å². The number of hydrogen-bond donors (Lipinski definition) is 0. The smallest absolute Gasteiger partial charge is 0.245 e. The molecule has 1 saturated heterocycles. The summed E-state index contributed by atoms with van der Waals surface area (Å²) in [7, 11) is 0. The van der Waals surface area contributed by atoms with Crippen molar-refractivity contribution in [2.45, 2.75) is 13.5 Å². The molecule has 0 radical (unpaired) electrons. The molecule has 6 nitrogen and oxygen atoms in total. The molecule has 2 aliphatic rings. The Morgan fingerprint density at radius 3 is 2.81 bits per heavy atom. The van der Waals surface area contributed by atoms with Crippen molar-refractivity contribution in [2.24, 2.45) is 10.9 Å². The van der Waals surface area contributed by atoms with Gasteiger partial charge in [-0.3, -0.25) is 9.79 Å². The second-order valence-electron chi connectivity index (χ2n) is 6.67. The van der Waals surface area contributed by atoms with Crippen LogP contribution in [-0.2, 0) is 11.3 Å². The van der Waals surface area contributed by atoms with Crippen LogP contribution in [0.3, 0.4) is 0 Å². The standard InChI is InChI=1S/C20H20N4O2/c1-3-18(25)24-10-14(11-24)12-26-20-16-8-21-9-17(16)22-19(23-20)15-6-4-13(2)5-7-15/h3-8,14H,1,9-12H2,2H3. The maximum Gasteiger partial charge on any atom is 0.245 e. The maximum atomic E-state index is 11.5. The number of likely N-dealkylation sites (tertiary alicyclic amines) is 1. The second-order valence-corrected chi connectivity index (χ2v) is 6.67. The average Bonchev–Trinajstić information content (AvgIpc) is 3.09. The molecule has 2 aliphatic heterocycles. The number of benzene rings is 1. The molecule has 132 valence electrons. The maximum absolute atomic E-state index is 11.5. The van der Waals surface area contributed by atoms with Crippen LogP contribution in [0, 0.1) is 12.8 Å². The number of hydrogen-bond acceptors (Lipinski definition) is 5. The molecule has 26 heavy (non-hydrogen) atoms. The van der Waals surface area contributed by atoms with Gasteiger partial charge in [-0.1, -0.05) is 36.4 Å². The number of fused-ring (bicyclic) bond motifs is 1. The predicted octanol–water partition coefficient (Wildman–Crippen LogP) is 2.41. The van der Waals surface area contributed by atoms with Crippen molar-refractivity contribution in [1.29, 1.82) is 0 Å². The van der Waals surface area contributed by atoms with Gasteiger partial charge in [-0.2, -0.15) is 4.98 Å². The van der Waals surface area contributed by atoms with Crippen molar-refractivity contribution in [1.82, 2.24) is 14.9 Å². The summed E-state index contributed by atoms with van der Waals surface area (Å²) in [6.45, 7) is 8.02. The molecule has 1 fully saturated rings. The topological polar surface area (TPSA) is 67.7 Å². The van der Waals surface area contributed by atoms with Crippen LogP contribution in [0.5, 0.6) is 5.88 Å². The van der Waals surface area contributed by atoms with E-state index in [-0.39, 0.29) is 5.91 Å². The van der Waals surface area contributed by atoms with Crippen LogP contribution in [0.15, 0.2) is 41.9 Å². The fourth-order valence-corrected chi connectivity index (χ4v) is 3.09. The Morgan fingerprint density at radius 1 is 1.31 bits per heavy atom. The number of aromatic nitrogens is 2. The molecule has 0 saturated carbocycles. The number of amides is 1. The van der Waals surface area contributed by atoms with Crippen LogP contribution >= 0.6 is 0 Å². The summed E-state index contributed by atoms with van der Waals surface area (Å²) in [6, 6.07) is 8.12. The van der Waals surface area contributed by atoms with E-state index in [2.05, 4.69) is 28.5 Å². The zero-order chi connectivity index (χ0) is 18.1. The Balaban J connectivity index is 1.50. The Hall–Kier alpha value is -3.02. The SMILES string of the molecule is C=CC(=O)N1CC(COc2nc(-c3ccc(C)cc3)nc3c2C=NC3)C1. The minimum atomic E-state index is -0.0297. The zero-order valence-electron chi connectivity index (χ0n) is 14.7. The number of carbonyl (C=O) groups is 1. The molecule has 0 spiro atoms. The van der Waals surface area contributed by atoms with Crippen molar-refractivity contribution in [3.63, 3.8) is 0 Å². The Bertz CT molecular complexity index is 883. The fraction of sp³-hybridized carbons (Fsp3) is 0.300. The van der Waals surface area contributed by atoms with Crippen molar-refractivity contribution >= 4 is 12.1 Å². The first-order chi connectivity index (χ1) is 12.6. The van der Waals surface area contributed by atoms with E-state index in [1.165, 1.54) is 11.6 Å². The molecule has 1 amide bonds. The Labute approximate surface area is 152 Å².